The van der Waals surface area contributed by atoms with Gasteiger partial charge in [0.05, 0.1) is 12.8 Å². The highest BCUT2D eigenvalue weighted by molar-refractivity contribution is 7.88. The number of nitrogens with zero attached hydrogens (tertiary/aromatic N) is 2. The smallest absolute Gasteiger partial charge is 0.239 e. The lowest BCUT2D eigenvalue weighted by atomic mass is 10.2. The van der Waals surface area contributed by atoms with Gasteiger partial charge in [-0.05, 0) is 32.6 Å². The first-order chi connectivity index (χ1) is 9.70. The zero-order valence-electron chi connectivity index (χ0n) is 13.0. The molecule has 0 aromatic heterocycles. The molecule has 1 N–H and O–H groups in total. The maximum atomic E-state index is 12.0. The van der Waals surface area contributed by atoms with Gasteiger partial charge in [0, 0.05) is 18.8 Å². The Morgan fingerprint density at radius 1 is 1.19 bits per heavy atom. The van der Waals surface area contributed by atoms with Crippen LogP contribution < -0.4 is 5.32 Å². The van der Waals surface area contributed by atoms with Crippen LogP contribution in [0.25, 0.3) is 0 Å². The van der Waals surface area contributed by atoms with Crippen LogP contribution in [0.1, 0.15) is 5.56 Å². The number of carbonyl (C=O) groups excluding carboxylic acids is 1. The zero-order chi connectivity index (χ0) is 16.0. The lowest BCUT2D eigenvalue weighted by Crippen LogP contribution is -2.41. The number of benzene rings is 1. The van der Waals surface area contributed by atoms with Gasteiger partial charge in [0.25, 0.3) is 0 Å². The van der Waals surface area contributed by atoms with E-state index < -0.39 is 10.0 Å². The molecular weight excluding hydrogens is 290 g/mol. The van der Waals surface area contributed by atoms with Gasteiger partial charge in [0.15, 0.2) is 0 Å². The molecule has 0 aliphatic rings. The fourth-order valence-corrected chi connectivity index (χ4v) is 2.50. The molecule has 0 radical (unpaired) electrons. The molecule has 21 heavy (non-hydrogen) atoms. The monoisotopic (exact) mass is 313 g/mol. The summed E-state index contributed by atoms with van der Waals surface area (Å²) >= 11 is 0. The maximum Gasteiger partial charge on any atom is 0.239 e. The third kappa shape index (κ3) is 6.24. The van der Waals surface area contributed by atoms with E-state index in [1.54, 1.807) is 6.07 Å². The molecule has 0 heterocycles. The molecule has 0 saturated carbocycles. The number of hydrogen-bond acceptors (Lipinski definition) is 4. The summed E-state index contributed by atoms with van der Waals surface area (Å²) in [7, 11) is 0.298. The molecule has 0 bridgehead atoms. The van der Waals surface area contributed by atoms with Crippen molar-refractivity contribution >= 4 is 21.6 Å². The van der Waals surface area contributed by atoms with Gasteiger partial charge in [-0.3, -0.25) is 4.79 Å². The van der Waals surface area contributed by atoms with Crippen molar-refractivity contribution in [3.63, 3.8) is 0 Å². The molecule has 0 atom stereocenters. The van der Waals surface area contributed by atoms with Gasteiger partial charge < -0.3 is 10.2 Å². The standard InChI is InChI=1S/C14H23N3O3S/c1-12-7-5-6-8-13(12)15-14(18)11-17(21(4,19)20)10-9-16(2)3/h5-8H,9-11H2,1-4H3,(H,15,18). The van der Waals surface area contributed by atoms with E-state index >= 15 is 0 Å². The van der Waals surface area contributed by atoms with Crippen molar-refractivity contribution < 1.29 is 13.2 Å². The minimum absolute atomic E-state index is 0.180. The van der Waals surface area contributed by atoms with Crippen molar-refractivity contribution in [2.75, 3.05) is 45.3 Å². The molecule has 0 aliphatic heterocycles. The molecule has 118 valence electrons. The summed E-state index contributed by atoms with van der Waals surface area (Å²) in [4.78, 5) is 13.9. The van der Waals surface area contributed by atoms with E-state index in [0.29, 0.717) is 12.2 Å². The molecule has 0 saturated heterocycles. The van der Waals surface area contributed by atoms with Crippen LogP contribution in [-0.4, -0.2) is 63.5 Å². The van der Waals surface area contributed by atoms with Crippen LogP contribution in [0.4, 0.5) is 5.69 Å². The van der Waals surface area contributed by atoms with E-state index in [1.807, 2.05) is 44.1 Å². The van der Waals surface area contributed by atoms with Gasteiger partial charge in [0.1, 0.15) is 0 Å². The molecule has 1 amide bonds. The Hall–Kier alpha value is -1.44. The van der Waals surface area contributed by atoms with Crippen LogP contribution in [0.3, 0.4) is 0 Å². The minimum Gasteiger partial charge on any atom is -0.325 e. The van der Waals surface area contributed by atoms with E-state index in [-0.39, 0.29) is 19.0 Å². The third-order valence-electron chi connectivity index (χ3n) is 3.00. The number of hydrogen-bond donors (Lipinski definition) is 1. The highest BCUT2D eigenvalue weighted by atomic mass is 32.2. The predicted molar refractivity (Wildman–Crippen MR) is 84.8 cm³/mol. The number of likely N-dealkylation sites (N-methyl/N-ethyl adjacent to an activating group) is 1. The first-order valence-corrected chi connectivity index (χ1v) is 8.50. The average molecular weight is 313 g/mol. The Balaban J connectivity index is 2.70. The maximum absolute atomic E-state index is 12.0. The van der Waals surface area contributed by atoms with Gasteiger partial charge in [-0.15, -0.1) is 0 Å². The largest absolute Gasteiger partial charge is 0.325 e. The molecule has 0 aliphatic carbocycles. The minimum atomic E-state index is -3.41. The lowest BCUT2D eigenvalue weighted by Gasteiger charge is -2.21. The first kappa shape index (κ1) is 17.6. The van der Waals surface area contributed by atoms with Crippen LogP contribution in [0, 0.1) is 6.92 Å². The summed E-state index contributed by atoms with van der Waals surface area (Å²) in [6.45, 7) is 2.55. The molecular formula is C14H23N3O3S. The fraction of sp³-hybridized carbons (Fsp3) is 0.500. The quantitative estimate of drug-likeness (QED) is 0.807. The number of aryl methyl sites for hydroxylation is 1. The van der Waals surface area contributed by atoms with Gasteiger partial charge >= 0.3 is 0 Å². The summed E-state index contributed by atoms with van der Waals surface area (Å²) < 4.78 is 24.6. The number of amides is 1. The Bertz CT molecular complexity index is 585. The average Bonchev–Trinajstić information content (AvgIpc) is 2.35. The molecule has 1 rings (SSSR count). The van der Waals surface area contributed by atoms with Crippen molar-refractivity contribution in [3.8, 4) is 0 Å². The van der Waals surface area contributed by atoms with Gasteiger partial charge in [-0.1, -0.05) is 18.2 Å². The Kier molecular flexibility index (Phi) is 6.32. The highest BCUT2D eigenvalue weighted by Crippen LogP contribution is 2.13. The Morgan fingerprint density at radius 2 is 1.81 bits per heavy atom. The van der Waals surface area contributed by atoms with Gasteiger partial charge in [-0.25, -0.2) is 8.42 Å². The SMILES string of the molecule is Cc1ccccc1NC(=O)CN(CCN(C)C)S(C)(=O)=O. The van der Waals surface area contributed by atoms with Crippen LogP contribution in [0.5, 0.6) is 0 Å². The van der Waals surface area contributed by atoms with E-state index in [1.165, 1.54) is 4.31 Å². The van der Waals surface area contributed by atoms with E-state index in [2.05, 4.69) is 5.32 Å². The second kappa shape index (κ2) is 7.53. The number of para-hydroxylation sites is 1. The number of anilines is 1. The zero-order valence-corrected chi connectivity index (χ0v) is 13.8. The summed E-state index contributed by atoms with van der Waals surface area (Å²) in [5.74, 6) is -0.339. The number of rotatable bonds is 7. The Labute approximate surface area is 126 Å². The molecule has 1 aromatic carbocycles. The summed E-state index contributed by atoms with van der Waals surface area (Å²) in [5, 5.41) is 2.74. The van der Waals surface area contributed by atoms with E-state index in [9.17, 15) is 13.2 Å². The van der Waals surface area contributed by atoms with E-state index in [4.69, 9.17) is 0 Å². The second-order valence-corrected chi connectivity index (χ2v) is 7.25. The topological polar surface area (TPSA) is 69.7 Å². The molecule has 6 nitrogen and oxygen atoms in total. The number of sulfonamides is 1. The van der Waals surface area contributed by atoms with Crippen LogP contribution in [-0.2, 0) is 14.8 Å². The van der Waals surface area contributed by atoms with Crippen molar-refractivity contribution in [2.24, 2.45) is 0 Å². The fourth-order valence-electron chi connectivity index (χ4n) is 1.74. The lowest BCUT2D eigenvalue weighted by molar-refractivity contribution is -0.116. The van der Waals surface area contributed by atoms with Crippen molar-refractivity contribution in [2.45, 2.75) is 6.92 Å². The first-order valence-electron chi connectivity index (χ1n) is 6.65. The summed E-state index contributed by atoms with van der Waals surface area (Å²) in [6.07, 6.45) is 1.11. The molecule has 1 aromatic rings. The molecule has 7 heteroatoms. The van der Waals surface area contributed by atoms with Gasteiger partial charge in [-0.2, -0.15) is 4.31 Å². The van der Waals surface area contributed by atoms with Crippen LogP contribution >= 0.6 is 0 Å². The third-order valence-corrected chi connectivity index (χ3v) is 4.25. The van der Waals surface area contributed by atoms with E-state index in [0.717, 1.165) is 11.8 Å². The Morgan fingerprint density at radius 3 is 2.33 bits per heavy atom. The molecule has 0 unspecified atom stereocenters. The predicted octanol–water partition coefficient (Wildman–Crippen LogP) is 0.757. The molecule has 0 spiro atoms. The van der Waals surface area contributed by atoms with Crippen molar-refractivity contribution in [3.05, 3.63) is 29.8 Å². The summed E-state index contributed by atoms with van der Waals surface area (Å²) in [6, 6.07) is 7.38. The highest BCUT2D eigenvalue weighted by Gasteiger charge is 2.20. The normalized spacial score (nSPS) is 11.9. The summed E-state index contributed by atoms with van der Waals surface area (Å²) in [5.41, 5.74) is 1.63. The second-order valence-electron chi connectivity index (χ2n) is 5.26. The van der Waals surface area contributed by atoms with Crippen molar-refractivity contribution in [1.82, 2.24) is 9.21 Å². The van der Waals surface area contributed by atoms with Gasteiger partial charge in [0.2, 0.25) is 15.9 Å². The van der Waals surface area contributed by atoms with Crippen LogP contribution in [0.15, 0.2) is 24.3 Å². The number of carbonyl (C=O) groups is 1. The number of nitrogens with one attached hydrogen (secondary N) is 1. The van der Waals surface area contributed by atoms with Crippen molar-refractivity contribution in [1.29, 1.82) is 0 Å². The molecule has 0 fully saturated rings. The van der Waals surface area contributed by atoms with Crippen LogP contribution in [0.2, 0.25) is 0 Å².